The molecule has 0 saturated heterocycles. The van der Waals surface area contributed by atoms with Gasteiger partial charge in [-0.25, -0.2) is 0 Å². The Morgan fingerprint density at radius 1 is 1.21 bits per heavy atom. The largest absolute Gasteiger partial charge is 0.485 e. The third-order valence-corrected chi connectivity index (χ3v) is 3.64. The van der Waals surface area contributed by atoms with Crippen LogP contribution in [0.4, 0.5) is 5.69 Å². The molecule has 1 N–H and O–H groups in total. The van der Waals surface area contributed by atoms with Crippen molar-refractivity contribution in [1.82, 2.24) is 4.98 Å². The number of pyridine rings is 1. The van der Waals surface area contributed by atoms with Crippen molar-refractivity contribution in [3.8, 4) is 5.75 Å². The number of ether oxygens (including phenoxy) is 1. The summed E-state index contributed by atoms with van der Waals surface area (Å²) in [5.41, 5.74) is 3.18. The maximum absolute atomic E-state index is 6.04. The molecular weight excluding hydrogens is 236 g/mol. The molecule has 2 heterocycles. The van der Waals surface area contributed by atoms with Crippen molar-refractivity contribution in [2.45, 2.75) is 32.4 Å². The van der Waals surface area contributed by atoms with Gasteiger partial charge in [0.15, 0.2) is 0 Å². The fraction of sp³-hybridized carbons (Fsp3) is 0.312. The van der Waals surface area contributed by atoms with E-state index in [1.54, 1.807) is 0 Å². The lowest BCUT2D eigenvalue weighted by Gasteiger charge is -2.28. The number of benzene rings is 1. The molecule has 3 heteroatoms. The quantitative estimate of drug-likeness (QED) is 0.887. The second kappa shape index (κ2) is 4.26. The molecule has 1 atom stereocenters. The summed E-state index contributed by atoms with van der Waals surface area (Å²) in [6.07, 6.45) is 3.68. The van der Waals surface area contributed by atoms with Crippen LogP contribution in [0.1, 0.15) is 31.0 Å². The van der Waals surface area contributed by atoms with Crippen LogP contribution in [0, 0.1) is 6.92 Å². The Kier molecular flexibility index (Phi) is 2.70. The lowest BCUT2D eigenvalue weighted by atomic mass is 9.94. The predicted octanol–water partition coefficient (Wildman–Crippen LogP) is 3.71. The first-order valence-electron chi connectivity index (χ1n) is 6.53. The molecule has 1 aliphatic rings. The van der Waals surface area contributed by atoms with Gasteiger partial charge >= 0.3 is 0 Å². The zero-order valence-corrected chi connectivity index (χ0v) is 11.5. The molecular formula is C16H18N2O. The lowest BCUT2D eigenvalue weighted by Crippen LogP contribution is -2.34. The summed E-state index contributed by atoms with van der Waals surface area (Å²) in [4.78, 5) is 4.19. The van der Waals surface area contributed by atoms with Gasteiger partial charge in [-0.3, -0.25) is 4.98 Å². The number of para-hydroxylation sites is 1. The predicted molar refractivity (Wildman–Crippen MR) is 76.5 cm³/mol. The third kappa shape index (κ3) is 2.05. The van der Waals surface area contributed by atoms with Crippen LogP contribution in [0.15, 0.2) is 42.7 Å². The molecule has 0 radical (unpaired) electrons. The molecule has 3 rings (SSSR count). The second-order valence-corrected chi connectivity index (χ2v) is 5.51. The Labute approximate surface area is 113 Å². The van der Waals surface area contributed by atoms with E-state index in [4.69, 9.17) is 4.74 Å². The third-order valence-electron chi connectivity index (χ3n) is 3.64. The Morgan fingerprint density at radius 2 is 2.00 bits per heavy atom. The minimum atomic E-state index is -0.272. The van der Waals surface area contributed by atoms with Crippen molar-refractivity contribution >= 4 is 5.69 Å². The highest BCUT2D eigenvalue weighted by molar-refractivity contribution is 5.54. The summed E-state index contributed by atoms with van der Waals surface area (Å²) < 4.78 is 6.04. The highest BCUT2D eigenvalue weighted by Crippen LogP contribution is 2.44. The number of rotatable bonds is 2. The molecule has 0 spiro atoms. The average Bonchev–Trinajstić information content (AvgIpc) is 2.63. The maximum atomic E-state index is 6.04. The smallest absolute Gasteiger partial charge is 0.128 e. The van der Waals surface area contributed by atoms with Crippen molar-refractivity contribution in [2.75, 3.05) is 5.32 Å². The first-order valence-corrected chi connectivity index (χ1v) is 6.53. The molecule has 1 aromatic heterocycles. The Bertz CT molecular complexity index is 607. The summed E-state index contributed by atoms with van der Waals surface area (Å²) in [7, 11) is 0. The van der Waals surface area contributed by atoms with Gasteiger partial charge in [-0.15, -0.1) is 0 Å². The molecule has 2 aromatic rings. The van der Waals surface area contributed by atoms with Crippen LogP contribution in [0.5, 0.6) is 5.75 Å². The van der Waals surface area contributed by atoms with Crippen molar-refractivity contribution in [3.05, 3.63) is 53.9 Å². The lowest BCUT2D eigenvalue weighted by molar-refractivity contribution is 0.118. The van der Waals surface area contributed by atoms with Crippen LogP contribution in [-0.2, 0) is 0 Å². The van der Waals surface area contributed by atoms with Crippen molar-refractivity contribution in [3.63, 3.8) is 0 Å². The van der Waals surface area contributed by atoms with Gasteiger partial charge in [0.2, 0.25) is 0 Å². The second-order valence-electron chi connectivity index (χ2n) is 5.51. The number of aryl methyl sites for hydroxylation is 1. The fourth-order valence-corrected chi connectivity index (χ4v) is 2.55. The van der Waals surface area contributed by atoms with E-state index in [0.29, 0.717) is 0 Å². The van der Waals surface area contributed by atoms with E-state index in [-0.39, 0.29) is 11.6 Å². The van der Waals surface area contributed by atoms with Crippen LogP contribution in [-0.4, -0.2) is 10.6 Å². The van der Waals surface area contributed by atoms with Gasteiger partial charge in [-0.1, -0.05) is 18.2 Å². The van der Waals surface area contributed by atoms with E-state index < -0.39 is 0 Å². The standard InChI is InChI=1S/C16H18N2O/c1-11-8-9-17-10-13(11)18-15-12-6-4-5-7-14(12)19-16(15,2)3/h4-10,15,18H,1-3H3. The molecule has 19 heavy (non-hydrogen) atoms. The molecule has 1 aromatic carbocycles. The van der Waals surface area contributed by atoms with Crippen LogP contribution >= 0.6 is 0 Å². The van der Waals surface area contributed by atoms with Crippen molar-refractivity contribution in [2.24, 2.45) is 0 Å². The summed E-state index contributed by atoms with van der Waals surface area (Å²) >= 11 is 0. The van der Waals surface area contributed by atoms with Gasteiger partial charge < -0.3 is 10.1 Å². The summed E-state index contributed by atoms with van der Waals surface area (Å²) in [5, 5.41) is 3.57. The molecule has 0 fully saturated rings. The Balaban J connectivity index is 1.98. The first-order chi connectivity index (χ1) is 9.08. The molecule has 1 unspecified atom stereocenters. The zero-order valence-electron chi connectivity index (χ0n) is 11.5. The Hall–Kier alpha value is -2.03. The van der Waals surface area contributed by atoms with E-state index in [9.17, 15) is 0 Å². The van der Waals surface area contributed by atoms with Gasteiger partial charge in [0, 0.05) is 11.8 Å². The van der Waals surface area contributed by atoms with Crippen LogP contribution < -0.4 is 10.1 Å². The summed E-state index contributed by atoms with van der Waals surface area (Å²) in [6.45, 7) is 6.30. The van der Waals surface area contributed by atoms with Crippen LogP contribution in [0.3, 0.4) is 0 Å². The van der Waals surface area contributed by atoms with E-state index >= 15 is 0 Å². The number of hydrogen-bond donors (Lipinski definition) is 1. The van der Waals surface area contributed by atoms with Gasteiger partial charge in [-0.2, -0.15) is 0 Å². The number of nitrogens with one attached hydrogen (secondary N) is 1. The maximum Gasteiger partial charge on any atom is 0.128 e. The number of nitrogens with zero attached hydrogens (tertiary/aromatic N) is 1. The number of anilines is 1. The minimum Gasteiger partial charge on any atom is -0.485 e. The van der Waals surface area contributed by atoms with E-state index in [2.05, 4.69) is 37.1 Å². The van der Waals surface area contributed by atoms with Crippen molar-refractivity contribution < 1.29 is 4.74 Å². The molecule has 98 valence electrons. The van der Waals surface area contributed by atoms with Gasteiger partial charge in [-0.05, 0) is 38.5 Å². The highest BCUT2D eigenvalue weighted by atomic mass is 16.5. The normalized spacial score (nSPS) is 19.6. The minimum absolute atomic E-state index is 0.131. The summed E-state index contributed by atoms with van der Waals surface area (Å²) in [6, 6.07) is 10.3. The van der Waals surface area contributed by atoms with Gasteiger partial charge in [0.25, 0.3) is 0 Å². The topological polar surface area (TPSA) is 34.2 Å². The molecule has 0 saturated carbocycles. The SMILES string of the molecule is Cc1ccncc1NC1c2ccccc2OC1(C)C. The number of aromatic nitrogens is 1. The molecule has 0 aliphatic carbocycles. The first kappa shape index (κ1) is 12.0. The number of hydrogen-bond acceptors (Lipinski definition) is 3. The molecule has 1 aliphatic heterocycles. The zero-order chi connectivity index (χ0) is 13.5. The van der Waals surface area contributed by atoms with Crippen LogP contribution in [0.25, 0.3) is 0 Å². The summed E-state index contributed by atoms with van der Waals surface area (Å²) in [5.74, 6) is 0.964. The molecule has 0 amide bonds. The van der Waals surface area contributed by atoms with E-state index in [1.165, 1.54) is 11.1 Å². The monoisotopic (exact) mass is 254 g/mol. The van der Waals surface area contributed by atoms with E-state index in [1.807, 2.05) is 36.7 Å². The fourth-order valence-electron chi connectivity index (χ4n) is 2.55. The van der Waals surface area contributed by atoms with Gasteiger partial charge in [0.1, 0.15) is 11.4 Å². The number of fused-ring (bicyclic) bond motifs is 1. The molecule has 3 nitrogen and oxygen atoms in total. The van der Waals surface area contributed by atoms with Gasteiger partial charge in [0.05, 0.1) is 17.9 Å². The highest BCUT2D eigenvalue weighted by Gasteiger charge is 2.41. The van der Waals surface area contributed by atoms with Crippen LogP contribution in [0.2, 0.25) is 0 Å². The average molecular weight is 254 g/mol. The van der Waals surface area contributed by atoms with E-state index in [0.717, 1.165) is 11.4 Å². The Morgan fingerprint density at radius 3 is 2.79 bits per heavy atom. The van der Waals surface area contributed by atoms with Crippen molar-refractivity contribution in [1.29, 1.82) is 0 Å². The molecule has 0 bridgehead atoms.